The van der Waals surface area contributed by atoms with E-state index in [0.29, 0.717) is 5.69 Å². The summed E-state index contributed by atoms with van der Waals surface area (Å²) in [5.74, 6) is 0.267. The van der Waals surface area contributed by atoms with E-state index in [9.17, 15) is 0 Å². The predicted octanol–water partition coefficient (Wildman–Crippen LogP) is 3.18. The van der Waals surface area contributed by atoms with E-state index in [-0.39, 0.29) is 11.4 Å². The average molecular weight is 333 g/mol. The topological polar surface area (TPSA) is 81.1 Å². The zero-order chi connectivity index (χ0) is 17.8. The monoisotopic (exact) mass is 333 g/mol. The van der Waals surface area contributed by atoms with Gasteiger partial charge in [-0.25, -0.2) is 9.97 Å². The summed E-state index contributed by atoms with van der Waals surface area (Å²) in [6, 6.07) is 12.3. The second-order valence-corrected chi connectivity index (χ2v) is 7.60. The summed E-state index contributed by atoms with van der Waals surface area (Å²) in [5.41, 5.74) is 18.3. The van der Waals surface area contributed by atoms with Gasteiger partial charge in [0.05, 0.1) is 11.2 Å². The molecule has 5 nitrogen and oxygen atoms in total. The summed E-state index contributed by atoms with van der Waals surface area (Å²) in [5, 5.41) is 0.861. The standard InChI is InChI=1S/C20H23N5/c1-20(2)11-25(3)10-13-9-12(7-8-14(13)20)18-17-15(21)5-4-6-16(17)23-19(22)24-18/h4-9H,10-11,21H2,1-3H3,(H2,22,23,24). The van der Waals surface area contributed by atoms with Crippen LogP contribution in [0, 0.1) is 0 Å². The Balaban J connectivity index is 1.95. The molecular weight excluding hydrogens is 310 g/mol. The number of anilines is 2. The largest absolute Gasteiger partial charge is 0.398 e. The minimum Gasteiger partial charge on any atom is -0.398 e. The van der Waals surface area contributed by atoms with E-state index in [1.54, 1.807) is 0 Å². The number of nitrogens with zero attached hydrogens (tertiary/aromatic N) is 3. The number of nitrogen functional groups attached to an aromatic ring is 2. The van der Waals surface area contributed by atoms with Gasteiger partial charge in [0.15, 0.2) is 0 Å². The van der Waals surface area contributed by atoms with Gasteiger partial charge in [-0.15, -0.1) is 0 Å². The van der Waals surface area contributed by atoms with Gasteiger partial charge in [-0.1, -0.05) is 32.0 Å². The van der Waals surface area contributed by atoms with Crippen LogP contribution in [0.1, 0.15) is 25.0 Å². The minimum absolute atomic E-state index is 0.132. The zero-order valence-corrected chi connectivity index (χ0v) is 14.9. The average Bonchev–Trinajstić information content (AvgIpc) is 2.52. The number of likely N-dealkylation sites (N-methyl/N-ethyl adjacent to an activating group) is 1. The Bertz CT molecular complexity index is 977. The first-order chi connectivity index (χ1) is 11.8. The normalized spacial score (nSPS) is 16.8. The summed E-state index contributed by atoms with van der Waals surface area (Å²) in [6.07, 6.45) is 0. The maximum absolute atomic E-state index is 6.22. The SMILES string of the molecule is CN1Cc2cc(-c3nc(N)nc4cccc(N)c34)ccc2C(C)(C)C1. The van der Waals surface area contributed by atoms with E-state index in [4.69, 9.17) is 11.5 Å². The van der Waals surface area contributed by atoms with Gasteiger partial charge in [0.25, 0.3) is 0 Å². The van der Waals surface area contributed by atoms with Crippen molar-refractivity contribution in [1.29, 1.82) is 0 Å². The van der Waals surface area contributed by atoms with Crippen LogP contribution in [0.2, 0.25) is 0 Å². The fraction of sp³-hybridized carbons (Fsp3) is 0.300. The molecule has 128 valence electrons. The molecule has 1 aromatic heterocycles. The van der Waals surface area contributed by atoms with Crippen molar-refractivity contribution in [3.8, 4) is 11.3 Å². The number of nitrogens with two attached hydrogens (primary N) is 2. The fourth-order valence-corrected chi connectivity index (χ4v) is 4.08. The second-order valence-electron chi connectivity index (χ2n) is 7.60. The Kier molecular flexibility index (Phi) is 3.44. The Morgan fingerprint density at radius 2 is 1.88 bits per heavy atom. The number of fused-ring (bicyclic) bond motifs is 2. The number of rotatable bonds is 1. The summed E-state index contributed by atoms with van der Waals surface area (Å²) in [7, 11) is 2.16. The maximum Gasteiger partial charge on any atom is 0.221 e. The van der Waals surface area contributed by atoms with Gasteiger partial charge in [-0.05, 0) is 36.4 Å². The van der Waals surface area contributed by atoms with Crippen molar-refractivity contribution >= 4 is 22.5 Å². The molecule has 4 rings (SSSR count). The molecule has 2 heterocycles. The number of hydrogen-bond acceptors (Lipinski definition) is 5. The minimum atomic E-state index is 0.132. The van der Waals surface area contributed by atoms with Crippen LogP contribution in [0.25, 0.3) is 22.2 Å². The number of benzene rings is 2. The van der Waals surface area contributed by atoms with Crippen molar-refractivity contribution in [3.63, 3.8) is 0 Å². The third-order valence-electron chi connectivity index (χ3n) is 4.99. The van der Waals surface area contributed by atoms with E-state index in [0.717, 1.165) is 35.2 Å². The van der Waals surface area contributed by atoms with Crippen LogP contribution in [0.3, 0.4) is 0 Å². The highest BCUT2D eigenvalue weighted by atomic mass is 15.1. The highest BCUT2D eigenvalue weighted by Gasteiger charge is 2.30. The van der Waals surface area contributed by atoms with Crippen LogP contribution in [0.5, 0.6) is 0 Å². The lowest BCUT2D eigenvalue weighted by Crippen LogP contribution is -2.39. The van der Waals surface area contributed by atoms with Crippen LogP contribution in [-0.2, 0) is 12.0 Å². The number of aromatic nitrogens is 2. The van der Waals surface area contributed by atoms with E-state index in [1.165, 1.54) is 11.1 Å². The van der Waals surface area contributed by atoms with Gasteiger partial charge in [-0.3, -0.25) is 0 Å². The molecule has 0 unspecified atom stereocenters. The summed E-state index contributed by atoms with van der Waals surface area (Å²) in [4.78, 5) is 11.2. The molecule has 4 N–H and O–H groups in total. The van der Waals surface area contributed by atoms with Crippen molar-refractivity contribution < 1.29 is 0 Å². The molecule has 0 atom stereocenters. The Morgan fingerprint density at radius 1 is 1.08 bits per heavy atom. The molecule has 0 saturated carbocycles. The predicted molar refractivity (Wildman–Crippen MR) is 103 cm³/mol. The van der Waals surface area contributed by atoms with Crippen LogP contribution in [-0.4, -0.2) is 28.5 Å². The lowest BCUT2D eigenvalue weighted by molar-refractivity contribution is 0.236. The Labute approximate surface area is 147 Å². The van der Waals surface area contributed by atoms with E-state index >= 15 is 0 Å². The second kappa shape index (κ2) is 5.43. The van der Waals surface area contributed by atoms with Crippen molar-refractivity contribution in [2.45, 2.75) is 25.8 Å². The summed E-state index contributed by atoms with van der Waals surface area (Å²) < 4.78 is 0. The lowest BCUT2D eigenvalue weighted by Gasteiger charge is -2.38. The molecule has 5 heteroatoms. The van der Waals surface area contributed by atoms with E-state index in [1.807, 2.05) is 18.2 Å². The van der Waals surface area contributed by atoms with Crippen molar-refractivity contribution in [1.82, 2.24) is 14.9 Å². The first-order valence-electron chi connectivity index (χ1n) is 8.49. The highest BCUT2D eigenvalue weighted by Crippen LogP contribution is 2.37. The molecule has 3 aromatic rings. The Hall–Kier alpha value is -2.66. The molecule has 0 saturated heterocycles. The van der Waals surface area contributed by atoms with Crippen molar-refractivity contribution in [3.05, 3.63) is 47.5 Å². The van der Waals surface area contributed by atoms with Gasteiger partial charge < -0.3 is 16.4 Å². The molecule has 2 aromatic carbocycles. The molecule has 0 bridgehead atoms. The van der Waals surface area contributed by atoms with Crippen LogP contribution < -0.4 is 11.5 Å². The van der Waals surface area contributed by atoms with Gasteiger partial charge in [-0.2, -0.15) is 0 Å². The van der Waals surface area contributed by atoms with Gasteiger partial charge in [0.2, 0.25) is 5.95 Å². The van der Waals surface area contributed by atoms with Gasteiger partial charge in [0.1, 0.15) is 0 Å². The maximum atomic E-state index is 6.22. The molecule has 0 amide bonds. The molecule has 0 spiro atoms. The molecule has 1 aliphatic heterocycles. The van der Waals surface area contributed by atoms with E-state index < -0.39 is 0 Å². The van der Waals surface area contributed by atoms with Gasteiger partial charge >= 0.3 is 0 Å². The third kappa shape index (κ3) is 2.61. The van der Waals surface area contributed by atoms with Crippen LogP contribution in [0.15, 0.2) is 36.4 Å². The van der Waals surface area contributed by atoms with Gasteiger partial charge in [0, 0.05) is 35.1 Å². The zero-order valence-electron chi connectivity index (χ0n) is 14.9. The Morgan fingerprint density at radius 3 is 2.68 bits per heavy atom. The quantitative estimate of drug-likeness (QED) is 0.669. The van der Waals surface area contributed by atoms with Crippen LogP contribution >= 0.6 is 0 Å². The molecule has 25 heavy (non-hydrogen) atoms. The molecule has 1 aliphatic rings. The lowest BCUT2D eigenvalue weighted by atomic mass is 9.78. The van der Waals surface area contributed by atoms with Crippen LogP contribution in [0.4, 0.5) is 11.6 Å². The third-order valence-corrected chi connectivity index (χ3v) is 4.99. The molecule has 0 fully saturated rings. The van der Waals surface area contributed by atoms with E-state index in [2.05, 4.69) is 54.0 Å². The molecular formula is C20H23N5. The summed E-state index contributed by atoms with van der Waals surface area (Å²) >= 11 is 0. The molecule has 0 aliphatic carbocycles. The van der Waals surface area contributed by atoms with Crippen molar-refractivity contribution in [2.24, 2.45) is 0 Å². The number of hydrogen-bond donors (Lipinski definition) is 2. The molecule has 0 radical (unpaired) electrons. The van der Waals surface area contributed by atoms with Crippen molar-refractivity contribution in [2.75, 3.05) is 25.1 Å². The highest BCUT2D eigenvalue weighted by molar-refractivity contribution is 6.01. The first-order valence-corrected chi connectivity index (χ1v) is 8.49. The smallest absolute Gasteiger partial charge is 0.221 e. The summed E-state index contributed by atoms with van der Waals surface area (Å²) in [6.45, 7) is 6.56. The fourth-order valence-electron chi connectivity index (χ4n) is 4.08. The first kappa shape index (κ1) is 15.8.